The van der Waals surface area contributed by atoms with Gasteiger partial charge in [-0.05, 0) is 43.2 Å². The van der Waals surface area contributed by atoms with E-state index in [-0.39, 0.29) is 30.0 Å². The average molecular weight is 1050 g/mol. The number of rotatable bonds is 53. The highest BCUT2D eigenvalue weighted by atomic mass is 32.2. The molecule has 1 aromatic carbocycles. The van der Waals surface area contributed by atoms with Crippen LogP contribution in [-0.2, 0) is 35.1 Å². The molecule has 2 amide bonds. The van der Waals surface area contributed by atoms with Crippen LogP contribution in [0.15, 0.2) is 24.0 Å². The number of benzene rings is 1. The smallest absolute Gasteiger partial charge is 0.242 e. The van der Waals surface area contributed by atoms with Gasteiger partial charge >= 0.3 is 0 Å². The summed E-state index contributed by atoms with van der Waals surface area (Å²) in [4.78, 5) is 25.6. The lowest BCUT2D eigenvalue weighted by molar-refractivity contribution is -0.139. The summed E-state index contributed by atoms with van der Waals surface area (Å²) in [5.74, 6) is 2.08. The maximum Gasteiger partial charge on any atom is 0.242 e. The molecule has 2 N–H and O–H groups in total. The Kier molecular flexibility index (Phi) is 40.2. The number of unbranched alkanes of at least 4 members (excludes halogenated alkanes) is 27. The number of imide groups is 1. The molecular weight excluding hydrogens is 941 g/mol. The molecule has 3 rings (SSSR count). The van der Waals surface area contributed by atoms with Crippen molar-refractivity contribution in [3.63, 3.8) is 0 Å². The van der Waals surface area contributed by atoms with Crippen LogP contribution >= 0.6 is 11.8 Å². The predicted octanol–water partition coefficient (Wildman–Crippen LogP) is 13.8. The van der Waals surface area contributed by atoms with Gasteiger partial charge in [0.25, 0.3) is 0 Å². The number of nitrogens with zero attached hydrogens (tertiary/aromatic N) is 2. The van der Waals surface area contributed by atoms with Gasteiger partial charge in [0.1, 0.15) is 0 Å². The molecule has 13 nitrogen and oxygen atoms in total. The Morgan fingerprint density at radius 1 is 0.507 bits per heavy atom. The summed E-state index contributed by atoms with van der Waals surface area (Å²) < 4.78 is 42.8. The zero-order valence-corrected chi connectivity index (χ0v) is 47.7. The quantitative estimate of drug-likeness (QED) is 0.0475. The second-order valence-electron chi connectivity index (χ2n) is 20.2. The molecule has 2 aliphatic heterocycles. The minimum atomic E-state index is -0.262. The fourth-order valence-electron chi connectivity index (χ4n) is 9.21. The van der Waals surface area contributed by atoms with E-state index >= 15 is 0 Å². The van der Waals surface area contributed by atoms with Gasteiger partial charge in [-0.2, -0.15) is 11.8 Å². The Morgan fingerprint density at radius 2 is 0.904 bits per heavy atom. The lowest BCUT2D eigenvalue weighted by atomic mass is 10.1. The number of thioether (sulfide) groups is 1. The lowest BCUT2D eigenvalue weighted by Gasteiger charge is -2.21. The van der Waals surface area contributed by atoms with Crippen LogP contribution in [0.5, 0.6) is 17.2 Å². The zero-order chi connectivity index (χ0) is 52.1. The molecular formula is C59H106N4O9S. The summed E-state index contributed by atoms with van der Waals surface area (Å²) in [6, 6.07) is 4.30. The van der Waals surface area contributed by atoms with Crippen molar-refractivity contribution in [3.05, 3.63) is 29.6 Å². The van der Waals surface area contributed by atoms with Crippen LogP contribution in [-0.4, -0.2) is 112 Å². The third-order valence-electron chi connectivity index (χ3n) is 13.7. The second-order valence-corrected chi connectivity index (χ2v) is 21.3. The van der Waals surface area contributed by atoms with Crippen LogP contribution in [0, 0.1) is 0 Å². The number of hydrazine groups is 2. The molecule has 2 heterocycles. The van der Waals surface area contributed by atoms with E-state index in [1.807, 2.05) is 17.5 Å². The molecule has 73 heavy (non-hydrogen) atoms. The third kappa shape index (κ3) is 31.8. The SMILES string of the molecule is CCCCCCCCCCCCOc1cc(CN2C=C(COCCOCCOCCOCCN3C(=O)CC(SC)C3=O)NN2)cc(OCCCCCCCCCCCC)c1OCCCCCCCCCCCC. The van der Waals surface area contributed by atoms with E-state index in [9.17, 15) is 9.59 Å². The van der Waals surface area contributed by atoms with Crippen LogP contribution in [0.4, 0.5) is 0 Å². The van der Waals surface area contributed by atoms with Gasteiger partial charge in [0.05, 0.1) is 96.7 Å². The molecule has 1 fully saturated rings. The number of carbonyl (C=O) groups excluding carboxylic acids is 2. The maximum absolute atomic E-state index is 12.2. The van der Waals surface area contributed by atoms with Crippen LogP contribution < -0.4 is 25.2 Å². The summed E-state index contributed by atoms with van der Waals surface area (Å²) >= 11 is 1.42. The molecule has 0 saturated carbocycles. The molecule has 1 unspecified atom stereocenters. The molecule has 1 aromatic rings. The first kappa shape index (κ1) is 64.5. The first-order valence-corrected chi connectivity index (χ1v) is 31.0. The molecule has 422 valence electrons. The highest BCUT2D eigenvalue weighted by Crippen LogP contribution is 2.40. The Morgan fingerprint density at radius 3 is 1.33 bits per heavy atom. The standard InChI is InChI=1S/C59H106N4O9S/c1-5-8-11-14-17-20-23-26-29-32-36-70-54-46-52(47-55(71-37-33-30-27-24-21-18-15-12-9-6-2)58(54)72-38-34-31-28-25-22-19-16-13-10-7-3)49-62-50-53(60-61-62)51-69-45-44-68-43-42-67-41-40-66-39-35-63-57(64)48-56(73-4)59(63)65/h46-47,50,56,60-61H,5-45,48-49,51H2,1-4H3. The van der Waals surface area contributed by atoms with Crippen molar-refractivity contribution in [1.29, 1.82) is 0 Å². The maximum atomic E-state index is 12.2. The zero-order valence-electron chi connectivity index (χ0n) is 46.9. The van der Waals surface area contributed by atoms with Crippen molar-refractivity contribution in [2.75, 3.05) is 85.5 Å². The van der Waals surface area contributed by atoms with E-state index in [0.29, 0.717) is 79.2 Å². The number of nitrogens with one attached hydrogen (secondary N) is 2. The van der Waals surface area contributed by atoms with Gasteiger partial charge < -0.3 is 38.6 Å². The Labute approximate surface area is 449 Å². The van der Waals surface area contributed by atoms with E-state index < -0.39 is 0 Å². The molecule has 0 spiro atoms. The molecule has 0 radical (unpaired) electrons. The minimum absolute atomic E-state index is 0.117. The van der Waals surface area contributed by atoms with E-state index in [1.165, 1.54) is 190 Å². The van der Waals surface area contributed by atoms with Gasteiger partial charge in [0, 0.05) is 12.6 Å². The highest BCUT2D eigenvalue weighted by Gasteiger charge is 2.37. The molecule has 14 heteroatoms. The predicted molar refractivity (Wildman–Crippen MR) is 300 cm³/mol. The van der Waals surface area contributed by atoms with E-state index in [0.717, 1.165) is 47.8 Å². The number of hydrogen-bond acceptors (Lipinski definition) is 13. The van der Waals surface area contributed by atoms with Crippen LogP contribution in [0.25, 0.3) is 0 Å². The first-order chi connectivity index (χ1) is 36.0. The van der Waals surface area contributed by atoms with Gasteiger partial charge in [-0.1, -0.05) is 194 Å². The number of hydrogen-bond donors (Lipinski definition) is 2. The van der Waals surface area contributed by atoms with Crippen LogP contribution in [0.1, 0.15) is 225 Å². The lowest BCUT2D eigenvalue weighted by Crippen LogP contribution is -2.36. The van der Waals surface area contributed by atoms with Gasteiger partial charge in [-0.15, -0.1) is 5.53 Å². The fraction of sp³-hybridized carbons (Fsp3) is 0.831. The van der Waals surface area contributed by atoms with Gasteiger partial charge in [-0.25, -0.2) is 0 Å². The molecule has 0 aromatic heterocycles. The van der Waals surface area contributed by atoms with Crippen molar-refractivity contribution in [1.82, 2.24) is 20.9 Å². The molecule has 0 bridgehead atoms. The summed E-state index contributed by atoms with van der Waals surface area (Å²) in [6.45, 7) is 13.0. The molecule has 2 aliphatic rings. The largest absolute Gasteiger partial charge is 0.490 e. The highest BCUT2D eigenvalue weighted by molar-refractivity contribution is 8.00. The Balaban J connectivity index is 1.48. The van der Waals surface area contributed by atoms with Gasteiger partial charge in [-0.3, -0.25) is 19.5 Å². The van der Waals surface area contributed by atoms with Gasteiger partial charge in [0.15, 0.2) is 11.5 Å². The van der Waals surface area contributed by atoms with Crippen molar-refractivity contribution in [3.8, 4) is 17.2 Å². The van der Waals surface area contributed by atoms with Crippen LogP contribution in [0.2, 0.25) is 0 Å². The van der Waals surface area contributed by atoms with Crippen molar-refractivity contribution in [2.24, 2.45) is 0 Å². The van der Waals surface area contributed by atoms with Crippen molar-refractivity contribution < 1.29 is 42.7 Å². The Bertz CT molecular complexity index is 1490. The van der Waals surface area contributed by atoms with E-state index in [1.54, 1.807) is 0 Å². The number of carbonyl (C=O) groups is 2. The fourth-order valence-corrected chi connectivity index (χ4v) is 9.85. The molecule has 1 saturated heterocycles. The number of ether oxygens (including phenoxy) is 7. The summed E-state index contributed by atoms with van der Waals surface area (Å²) in [6.07, 6.45) is 42.8. The molecule has 0 aliphatic carbocycles. The minimum Gasteiger partial charge on any atom is -0.490 e. The topological polar surface area (TPSA) is 129 Å². The summed E-state index contributed by atoms with van der Waals surface area (Å²) in [5.41, 5.74) is 8.56. The normalized spacial score (nSPS) is 14.7. The molecule has 1 atom stereocenters. The van der Waals surface area contributed by atoms with Crippen molar-refractivity contribution in [2.45, 2.75) is 232 Å². The Hall–Kier alpha value is -2.75. The van der Waals surface area contributed by atoms with Crippen LogP contribution in [0.3, 0.4) is 0 Å². The van der Waals surface area contributed by atoms with Crippen molar-refractivity contribution >= 4 is 23.6 Å². The van der Waals surface area contributed by atoms with E-state index in [4.69, 9.17) is 33.2 Å². The van der Waals surface area contributed by atoms with E-state index in [2.05, 4.69) is 43.9 Å². The monoisotopic (exact) mass is 1050 g/mol. The average Bonchev–Trinajstić information content (AvgIpc) is 3.96. The van der Waals surface area contributed by atoms with Gasteiger partial charge in [0.2, 0.25) is 17.6 Å². The number of likely N-dealkylation sites (tertiary alicyclic amines) is 1. The third-order valence-corrected chi connectivity index (χ3v) is 14.6. The summed E-state index contributed by atoms with van der Waals surface area (Å²) in [7, 11) is 0. The summed E-state index contributed by atoms with van der Waals surface area (Å²) in [5, 5.41) is 1.77. The second kappa shape index (κ2) is 45.4. The number of amides is 2. The first-order valence-electron chi connectivity index (χ1n) is 29.7.